The molecule has 0 unspecified atom stereocenters. The van der Waals surface area contributed by atoms with Crippen LogP contribution in [0.2, 0.25) is 0 Å². The summed E-state index contributed by atoms with van der Waals surface area (Å²) >= 11 is -1.33. The Balaban J connectivity index is 2.13. The van der Waals surface area contributed by atoms with E-state index in [1.807, 2.05) is 20.8 Å². The lowest BCUT2D eigenvalue weighted by atomic mass is 10.0. The van der Waals surface area contributed by atoms with Crippen LogP contribution < -0.4 is 0 Å². The maximum absolute atomic E-state index is 12.6. The fourth-order valence-electron chi connectivity index (χ4n) is 1.88. The molecule has 0 spiro atoms. The lowest BCUT2D eigenvalue weighted by Crippen LogP contribution is -2.25. The van der Waals surface area contributed by atoms with Crippen molar-refractivity contribution < 1.29 is 17.7 Å². The zero-order valence-corrected chi connectivity index (χ0v) is 14.4. The molecule has 24 heavy (non-hydrogen) atoms. The van der Waals surface area contributed by atoms with Gasteiger partial charge in [0.1, 0.15) is 16.1 Å². The number of nitrogens with zero attached hydrogens (tertiary/aromatic N) is 1. The minimum atomic E-state index is -4.33. The summed E-state index contributed by atoms with van der Waals surface area (Å²) in [6.07, 6.45) is -2.79. The van der Waals surface area contributed by atoms with Crippen LogP contribution in [-0.4, -0.2) is 15.5 Å². The summed E-state index contributed by atoms with van der Waals surface area (Å²) in [6, 6.07) is 12.2. The van der Waals surface area contributed by atoms with Gasteiger partial charge in [0.15, 0.2) is 0 Å². The van der Waals surface area contributed by atoms with Crippen molar-refractivity contribution in [2.75, 3.05) is 0 Å². The first kappa shape index (κ1) is 18.5. The first-order chi connectivity index (χ1) is 11.1. The Morgan fingerprint density at radius 2 is 1.33 bits per heavy atom. The molecule has 0 aliphatic carbocycles. The second-order valence-corrected chi connectivity index (χ2v) is 8.23. The molecule has 0 saturated carbocycles. The molecule has 0 aliphatic rings. The van der Waals surface area contributed by atoms with E-state index in [2.05, 4.69) is 4.40 Å². The van der Waals surface area contributed by atoms with Gasteiger partial charge >= 0.3 is 6.18 Å². The molecule has 2 rings (SSSR count). The molecule has 2 nitrogen and oxygen atoms in total. The SMILES string of the molecule is CC(C)(C)[S@@+]([O-])N=Cc1ccc(-c2ccc(C(F)(F)F)cc2)cc1. The van der Waals surface area contributed by atoms with Crippen LogP contribution in [-0.2, 0) is 17.5 Å². The second kappa shape index (κ2) is 6.99. The van der Waals surface area contributed by atoms with Crippen LogP contribution in [0, 0.1) is 0 Å². The fraction of sp³-hybridized carbons (Fsp3) is 0.278. The largest absolute Gasteiger partial charge is 0.591 e. The highest BCUT2D eigenvalue weighted by Gasteiger charge is 2.30. The Morgan fingerprint density at radius 1 is 0.875 bits per heavy atom. The van der Waals surface area contributed by atoms with Crippen LogP contribution in [0.25, 0.3) is 11.1 Å². The first-order valence-electron chi connectivity index (χ1n) is 7.31. The Morgan fingerprint density at radius 3 is 1.75 bits per heavy atom. The van der Waals surface area contributed by atoms with E-state index in [4.69, 9.17) is 0 Å². The molecule has 2 aromatic rings. The molecule has 128 valence electrons. The smallest absolute Gasteiger partial charge is 0.416 e. The minimum absolute atomic E-state index is 0.420. The van der Waals surface area contributed by atoms with Crippen molar-refractivity contribution in [3.8, 4) is 11.1 Å². The zero-order valence-electron chi connectivity index (χ0n) is 13.6. The third kappa shape index (κ3) is 4.85. The Kier molecular flexibility index (Phi) is 5.40. The van der Waals surface area contributed by atoms with Crippen molar-refractivity contribution in [3.05, 3.63) is 59.7 Å². The molecule has 6 heteroatoms. The summed E-state index contributed by atoms with van der Waals surface area (Å²) in [4.78, 5) is 0. The molecule has 0 radical (unpaired) electrons. The number of halogens is 3. The molecule has 0 heterocycles. The summed E-state index contributed by atoms with van der Waals surface area (Å²) < 4.78 is 53.2. The molecule has 0 saturated heterocycles. The molecule has 1 atom stereocenters. The van der Waals surface area contributed by atoms with Gasteiger partial charge in [0.05, 0.1) is 11.8 Å². The van der Waals surface area contributed by atoms with Gasteiger partial charge in [-0.2, -0.15) is 13.2 Å². The lowest BCUT2D eigenvalue weighted by molar-refractivity contribution is -0.137. The number of rotatable bonds is 3. The molecule has 0 aromatic heterocycles. The summed E-state index contributed by atoms with van der Waals surface area (Å²) in [6.45, 7) is 5.52. The lowest BCUT2D eigenvalue weighted by Gasteiger charge is -2.17. The average Bonchev–Trinajstić information content (AvgIpc) is 2.51. The van der Waals surface area contributed by atoms with Gasteiger partial charge in [0.2, 0.25) is 0 Å². The second-order valence-electron chi connectivity index (χ2n) is 6.29. The van der Waals surface area contributed by atoms with Gasteiger partial charge in [0.25, 0.3) is 0 Å². The molecular weight excluding hydrogens is 335 g/mol. The zero-order chi connectivity index (χ0) is 18.0. The van der Waals surface area contributed by atoms with Gasteiger partial charge in [0, 0.05) is 0 Å². The van der Waals surface area contributed by atoms with E-state index in [-0.39, 0.29) is 0 Å². The quantitative estimate of drug-likeness (QED) is 0.548. The van der Waals surface area contributed by atoms with Gasteiger partial charge in [-0.3, -0.25) is 0 Å². The van der Waals surface area contributed by atoms with E-state index in [0.717, 1.165) is 23.3 Å². The van der Waals surface area contributed by atoms with E-state index in [1.165, 1.54) is 18.3 Å². The van der Waals surface area contributed by atoms with Gasteiger partial charge in [-0.15, -0.1) is 0 Å². The van der Waals surface area contributed by atoms with Crippen molar-refractivity contribution in [2.24, 2.45) is 4.40 Å². The van der Waals surface area contributed by atoms with Crippen LogP contribution >= 0.6 is 0 Å². The van der Waals surface area contributed by atoms with Crippen molar-refractivity contribution in [1.29, 1.82) is 0 Å². The summed E-state index contributed by atoms with van der Waals surface area (Å²) in [5.74, 6) is 0. The van der Waals surface area contributed by atoms with Crippen LogP contribution in [0.3, 0.4) is 0 Å². The third-order valence-corrected chi connectivity index (χ3v) is 4.62. The van der Waals surface area contributed by atoms with Crippen LogP contribution in [0.1, 0.15) is 31.9 Å². The number of benzene rings is 2. The van der Waals surface area contributed by atoms with E-state index < -0.39 is 27.8 Å². The molecule has 0 bridgehead atoms. The minimum Gasteiger partial charge on any atom is -0.591 e. The predicted molar refractivity (Wildman–Crippen MR) is 92.4 cm³/mol. The van der Waals surface area contributed by atoms with Gasteiger partial charge in [-0.05, 0) is 49.6 Å². The highest BCUT2D eigenvalue weighted by Crippen LogP contribution is 2.31. The van der Waals surface area contributed by atoms with Crippen molar-refractivity contribution in [3.63, 3.8) is 0 Å². The Bertz CT molecular complexity index is 701. The van der Waals surface area contributed by atoms with E-state index in [1.54, 1.807) is 24.3 Å². The highest BCUT2D eigenvalue weighted by atomic mass is 32.2. The number of alkyl halides is 3. The monoisotopic (exact) mass is 353 g/mol. The number of hydrogen-bond acceptors (Lipinski definition) is 2. The highest BCUT2D eigenvalue weighted by molar-refractivity contribution is 7.91. The van der Waals surface area contributed by atoms with Gasteiger partial charge in [-0.1, -0.05) is 40.8 Å². The molecule has 0 N–H and O–H groups in total. The molecular formula is C18H18F3NOS. The van der Waals surface area contributed by atoms with Crippen molar-refractivity contribution in [2.45, 2.75) is 31.7 Å². The molecule has 0 fully saturated rings. The van der Waals surface area contributed by atoms with Crippen LogP contribution in [0.15, 0.2) is 52.9 Å². The molecule has 0 amide bonds. The van der Waals surface area contributed by atoms with E-state index >= 15 is 0 Å². The van der Waals surface area contributed by atoms with E-state index in [9.17, 15) is 17.7 Å². The van der Waals surface area contributed by atoms with E-state index in [0.29, 0.717) is 5.56 Å². The Labute approximate surface area is 142 Å². The summed E-state index contributed by atoms with van der Waals surface area (Å²) in [5, 5.41) is 0. The van der Waals surface area contributed by atoms with Crippen LogP contribution in [0.4, 0.5) is 13.2 Å². The Hall–Kier alpha value is -1.79. The maximum atomic E-state index is 12.6. The summed E-state index contributed by atoms with van der Waals surface area (Å²) in [7, 11) is 0. The topological polar surface area (TPSA) is 35.4 Å². The first-order valence-corrected chi connectivity index (χ1v) is 8.42. The average molecular weight is 353 g/mol. The standard InChI is InChI=1S/C18H18F3NOS/c1-17(2,3)24(23)22-12-13-4-6-14(7-5-13)15-8-10-16(11-9-15)18(19,20)21/h4-12H,1-3H3/t24-/m1/s1. The third-order valence-electron chi connectivity index (χ3n) is 3.28. The van der Waals surface area contributed by atoms with Crippen molar-refractivity contribution in [1.82, 2.24) is 0 Å². The summed E-state index contributed by atoms with van der Waals surface area (Å²) in [5.41, 5.74) is 1.62. The molecule has 0 aliphatic heterocycles. The van der Waals surface area contributed by atoms with Gasteiger partial charge < -0.3 is 4.55 Å². The molecule has 2 aromatic carbocycles. The van der Waals surface area contributed by atoms with Crippen LogP contribution in [0.5, 0.6) is 0 Å². The van der Waals surface area contributed by atoms with Crippen molar-refractivity contribution >= 4 is 17.6 Å². The maximum Gasteiger partial charge on any atom is 0.416 e. The predicted octanol–water partition coefficient (Wildman–Crippen LogP) is 5.25. The van der Waals surface area contributed by atoms with Gasteiger partial charge in [-0.25, -0.2) is 0 Å². The fourth-order valence-corrected chi connectivity index (χ4v) is 2.41. The normalized spacial score (nSPS) is 14.1. The number of hydrogen-bond donors (Lipinski definition) is 0.